The lowest BCUT2D eigenvalue weighted by molar-refractivity contribution is -0.313. The average Bonchev–Trinajstić information content (AvgIpc) is 3.10. The number of carbonyl (C=O) groups is 2. The van der Waals surface area contributed by atoms with Crippen molar-refractivity contribution in [3.8, 4) is 11.5 Å². The second-order valence-electron chi connectivity index (χ2n) is 13.3. The van der Waals surface area contributed by atoms with Gasteiger partial charge >= 0.3 is 0 Å². The van der Waals surface area contributed by atoms with Gasteiger partial charge in [0.2, 0.25) is 11.2 Å². The maximum Gasteiger partial charge on any atom is 0.262 e. The van der Waals surface area contributed by atoms with E-state index in [9.17, 15) is 49.8 Å². The summed E-state index contributed by atoms with van der Waals surface area (Å²) in [5.74, 6) is -2.72. The van der Waals surface area contributed by atoms with Crippen LogP contribution in [0.25, 0.3) is 16.5 Å². The SMILES string of the molecule is CCCc1c(Cl)c2c(c(=O)n1C)C(=O)C1=C(CCc3c1c(O)c1c(=O)c4c(oc1c3OC)[C@@H](O)C[C@H](O[C@H]1O[C@H](C)[C@@H](O)[C@H](O)[C@@H]1O)[C@@H]4O)C2=O. The van der Waals surface area contributed by atoms with E-state index in [1.54, 1.807) is 0 Å². The molecule has 0 amide bonds. The van der Waals surface area contributed by atoms with Gasteiger partial charge in [0.15, 0.2) is 23.4 Å². The molecule has 0 saturated carbocycles. The molecule has 0 radical (unpaired) electrons. The number of fused-ring (bicyclic) bond motifs is 5. The van der Waals surface area contributed by atoms with Crippen molar-refractivity contribution >= 4 is 39.7 Å². The summed E-state index contributed by atoms with van der Waals surface area (Å²) in [5, 5.41) is 64.6. The second-order valence-corrected chi connectivity index (χ2v) is 13.7. The molecular formula is C35H36ClNO14. The highest BCUT2D eigenvalue weighted by atomic mass is 35.5. The molecular weight excluding hydrogens is 694 g/mol. The zero-order valence-corrected chi connectivity index (χ0v) is 28.7. The molecule has 3 heterocycles. The molecule has 3 aromatic rings. The lowest BCUT2D eigenvalue weighted by atomic mass is 9.73. The molecule has 1 aromatic carbocycles. The van der Waals surface area contributed by atoms with Crippen LogP contribution < -0.4 is 15.7 Å². The number of aromatic hydroxyl groups is 1. The Morgan fingerprint density at radius 3 is 2.33 bits per heavy atom. The Balaban J connectivity index is 1.40. The number of benzene rings is 1. The predicted molar refractivity (Wildman–Crippen MR) is 177 cm³/mol. The lowest BCUT2D eigenvalue weighted by Gasteiger charge is -2.42. The topological polar surface area (TPSA) is 235 Å². The molecule has 3 aliphatic carbocycles. The number of hydrogen-bond donors (Lipinski definition) is 6. The third kappa shape index (κ3) is 4.98. The molecule has 8 atom stereocenters. The maximum absolute atomic E-state index is 14.3. The van der Waals surface area contributed by atoms with Gasteiger partial charge in [-0.05, 0) is 26.2 Å². The predicted octanol–water partition coefficient (Wildman–Crippen LogP) is 1.27. The zero-order chi connectivity index (χ0) is 37.0. The molecule has 6 N–H and O–H groups in total. The lowest BCUT2D eigenvalue weighted by Crippen LogP contribution is -2.58. The second kappa shape index (κ2) is 12.6. The third-order valence-corrected chi connectivity index (χ3v) is 10.8. The number of ketones is 2. The molecule has 1 aliphatic heterocycles. The molecule has 16 heteroatoms. The summed E-state index contributed by atoms with van der Waals surface area (Å²) in [6.45, 7) is 3.30. The Hall–Kier alpha value is -3.93. The fourth-order valence-corrected chi connectivity index (χ4v) is 8.20. The van der Waals surface area contributed by atoms with E-state index >= 15 is 0 Å². The highest BCUT2D eigenvalue weighted by Crippen LogP contribution is 2.51. The van der Waals surface area contributed by atoms with Gasteiger partial charge in [-0.15, -0.1) is 0 Å². The van der Waals surface area contributed by atoms with Crippen LogP contribution in [0.4, 0.5) is 0 Å². The van der Waals surface area contributed by atoms with E-state index in [1.807, 2.05) is 6.92 Å². The van der Waals surface area contributed by atoms with E-state index in [-0.39, 0.29) is 69.2 Å². The fourth-order valence-electron chi connectivity index (χ4n) is 7.80. The van der Waals surface area contributed by atoms with Crippen molar-refractivity contribution in [2.45, 2.75) is 95.0 Å². The molecule has 51 heavy (non-hydrogen) atoms. The summed E-state index contributed by atoms with van der Waals surface area (Å²) >= 11 is 6.67. The summed E-state index contributed by atoms with van der Waals surface area (Å²) in [4.78, 5) is 56.2. The van der Waals surface area contributed by atoms with E-state index in [4.69, 9.17) is 30.2 Å². The molecule has 2 aromatic heterocycles. The highest BCUT2D eigenvalue weighted by molar-refractivity contribution is 6.45. The molecule has 4 aliphatic rings. The van der Waals surface area contributed by atoms with Crippen molar-refractivity contribution in [3.05, 3.63) is 70.4 Å². The zero-order valence-electron chi connectivity index (χ0n) is 27.9. The molecule has 15 nitrogen and oxygen atoms in total. The van der Waals surface area contributed by atoms with Crippen molar-refractivity contribution in [3.63, 3.8) is 0 Å². The molecule has 1 saturated heterocycles. The van der Waals surface area contributed by atoms with Crippen LogP contribution in [0.5, 0.6) is 11.5 Å². The number of methoxy groups -OCH3 is 1. The Labute approximate surface area is 293 Å². The van der Waals surface area contributed by atoms with E-state index < -0.39 is 93.8 Å². The molecule has 272 valence electrons. The molecule has 7 rings (SSSR count). The smallest absolute Gasteiger partial charge is 0.262 e. The van der Waals surface area contributed by atoms with Crippen LogP contribution in [-0.4, -0.2) is 90.7 Å². The number of nitrogens with zero attached hydrogens (tertiary/aromatic N) is 1. The van der Waals surface area contributed by atoms with Gasteiger partial charge in [-0.2, -0.15) is 0 Å². The van der Waals surface area contributed by atoms with Gasteiger partial charge in [-0.1, -0.05) is 24.9 Å². The Bertz CT molecular complexity index is 2190. The number of hydrogen-bond acceptors (Lipinski definition) is 14. The third-order valence-electron chi connectivity index (χ3n) is 10.4. The number of ether oxygens (including phenoxy) is 3. The Morgan fingerprint density at radius 1 is 0.961 bits per heavy atom. The van der Waals surface area contributed by atoms with Gasteiger partial charge in [-0.25, -0.2) is 0 Å². The van der Waals surface area contributed by atoms with Gasteiger partial charge < -0.3 is 53.8 Å². The van der Waals surface area contributed by atoms with Crippen molar-refractivity contribution < 1.29 is 58.9 Å². The van der Waals surface area contributed by atoms with Gasteiger partial charge in [0.25, 0.3) is 5.56 Å². The Kier molecular flexibility index (Phi) is 8.79. The number of pyridine rings is 1. The van der Waals surface area contributed by atoms with Crippen LogP contribution in [-0.2, 0) is 29.4 Å². The number of phenolic OH excluding ortho intramolecular Hbond substituents is 1. The number of aromatic nitrogens is 1. The largest absolute Gasteiger partial charge is 0.506 e. The number of aliphatic hydroxyl groups is 5. The summed E-state index contributed by atoms with van der Waals surface area (Å²) in [6, 6.07) is 0. The van der Waals surface area contributed by atoms with E-state index in [0.717, 1.165) is 0 Å². The quantitative estimate of drug-likeness (QED) is 0.217. The highest BCUT2D eigenvalue weighted by Gasteiger charge is 2.48. The van der Waals surface area contributed by atoms with Gasteiger partial charge in [0, 0.05) is 41.4 Å². The first-order valence-corrected chi connectivity index (χ1v) is 16.9. The number of allylic oxidation sites excluding steroid dienone is 2. The van der Waals surface area contributed by atoms with Crippen LogP contribution in [0.3, 0.4) is 0 Å². The first-order chi connectivity index (χ1) is 24.2. The molecule has 0 unspecified atom stereocenters. The summed E-state index contributed by atoms with van der Waals surface area (Å²) < 4.78 is 24.1. The number of Topliss-reactive ketones (excluding diaryl/α,β-unsaturated/α-hetero) is 2. The van der Waals surface area contributed by atoms with Crippen molar-refractivity contribution in [1.82, 2.24) is 4.57 Å². The molecule has 0 bridgehead atoms. The van der Waals surface area contributed by atoms with Crippen LogP contribution >= 0.6 is 11.6 Å². The number of rotatable bonds is 5. The van der Waals surface area contributed by atoms with Gasteiger partial charge in [-0.3, -0.25) is 19.2 Å². The fraction of sp³-hybridized carbons (Fsp3) is 0.486. The van der Waals surface area contributed by atoms with Gasteiger partial charge in [0.1, 0.15) is 53.0 Å². The van der Waals surface area contributed by atoms with E-state index in [1.165, 1.54) is 25.6 Å². The minimum atomic E-state index is -1.83. The van der Waals surface area contributed by atoms with Gasteiger partial charge in [0.05, 0.1) is 35.5 Å². The number of phenols is 1. The molecule has 1 fully saturated rings. The minimum Gasteiger partial charge on any atom is -0.506 e. The average molecular weight is 730 g/mol. The summed E-state index contributed by atoms with van der Waals surface area (Å²) in [6.07, 6.45) is -11.5. The van der Waals surface area contributed by atoms with Crippen LogP contribution in [0.1, 0.15) is 94.2 Å². The summed E-state index contributed by atoms with van der Waals surface area (Å²) in [7, 11) is 2.71. The normalized spacial score (nSPS) is 28.7. The maximum atomic E-state index is 14.3. The van der Waals surface area contributed by atoms with Crippen LogP contribution in [0.2, 0.25) is 5.02 Å². The molecule has 0 spiro atoms. The van der Waals surface area contributed by atoms with Crippen molar-refractivity contribution in [2.75, 3.05) is 7.11 Å². The Morgan fingerprint density at radius 2 is 1.67 bits per heavy atom. The first-order valence-electron chi connectivity index (χ1n) is 16.5. The van der Waals surface area contributed by atoms with E-state index in [2.05, 4.69) is 0 Å². The first kappa shape index (κ1) is 35.5. The summed E-state index contributed by atoms with van der Waals surface area (Å²) in [5.41, 5.74) is -3.14. The monoisotopic (exact) mass is 729 g/mol. The number of carbonyl (C=O) groups excluding carboxylic acids is 2. The minimum absolute atomic E-state index is 0.00271. The van der Waals surface area contributed by atoms with Crippen molar-refractivity contribution in [1.29, 1.82) is 0 Å². The van der Waals surface area contributed by atoms with Crippen LogP contribution in [0, 0.1) is 0 Å². The van der Waals surface area contributed by atoms with Crippen LogP contribution in [0.15, 0.2) is 19.6 Å². The van der Waals surface area contributed by atoms with E-state index in [0.29, 0.717) is 18.5 Å². The number of halogens is 1. The van der Waals surface area contributed by atoms with Crippen molar-refractivity contribution in [2.24, 2.45) is 7.05 Å². The standard InChI is InChI=1S/C35H36ClNO14/c1-5-6-13-22(36)18-19(34(47)37(13)3)26(42)16-11(24(18)40)7-8-12-17(16)27(43)21-28(44)20-25(41)15(9-14(38)32(20)51-33(21)31(12)48-4)50-35-30(46)29(45)23(39)10(2)49-35/h10,14-15,23,25,29-30,35,38-39,41,43,45-46H,5-9H2,1-4H3/t10-,14+,15+,23-,25+,29+,30+,35-/m1/s1. The number of aliphatic hydroxyl groups excluding tert-OH is 5.